The molecule has 0 aliphatic carbocycles. The van der Waals surface area contributed by atoms with Crippen molar-refractivity contribution in [2.24, 2.45) is 10.9 Å². The first-order valence-corrected chi connectivity index (χ1v) is 10.0. The van der Waals surface area contributed by atoms with Crippen LogP contribution >= 0.6 is 24.0 Å². The third kappa shape index (κ3) is 9.76. The molecule has 27 heavy (non-hydrogen) atoms. The first kappa shape index (κ1) is 24.2. The summed E-state index contributed by atoms with van der Waals surface area (Å²) in [6, 6.07) is 8.89. The van der Waals surface area contributed by atoms with Crippen molar-refractivity contribution in [2.45, 2.75) is 46.2 Å². The summed E-state index contributed by atoms with van der Waals surface area (Å²) >= 11 is 0. The standard InChI is InChI=1S/C21H36N4O.HI/c1-4-26-14-6-11-23-21(22-3)24-16-19-7-5-8-20(15-19)17-25-12-9-18(2)10-13-25;/h5,7-8,15,18H,4,6,9-14,16-17H2,1-3H3,(H2,22,23,24);1H. The summed E-state index contributed by atoms with van der Waals surface area (Å²) in [4.78, 5) is 6.86. The lowest BCUT2D eigenvalue weighted by atomic mass is 9.98. The number of hydrogen-bond donors (Lipinski definition) is 2. The third-order valence-electron chi connectivity index (χ3n) is 4.92. The Balaban J connectivity index is 0.00000364. The predicted octanol–water partition coefficient (Wildman–Crippen LogP) is 3.63. The minimum atomic E-state index is 0. The third-order valence-corrected chi connectivity index (χ3v) is 4.92. The quantitative estimate of drug-likeness (QED) is 0.241. The van der Waals surface area contributed by atoms with Crippen molar-refractivity contribution in [3.8, 4) is 0 Å². The normalized spacial score (nSPS) is 16.0. The first-order valence-electron chi connectivity index (χ1n) is 10.0. The fourth-order valence-corrected chi connectivity index (χ4v) is 3.25. The Morgan fingerprint density at radius 1 is 1.22 bits per heavy atom. The van der Waals surface area contributed by atoms with Gasteiger partial charge in [0.25, 0.3) is 0 Å². The van der Waals surface area contributed by atoms with Gasteiger partial charge in [-0.1, -0.05) is 31.2 Å². The van der Waals surface area contributed by atoms with Crippen LogP contribution in [-0.4, -0.2) is 50.8 Å². The molecule has 0 spiro atoms. The minimum Gasteiger partial charge on any atom is -0.382 e. The van der Waals surface area contributed by atoms with Crippen LogP contribution in [0.5, 0.6) is 0 Å². The highest BCUT2D eigenvalue weighted by atomic mass is 127. The average Bonchev–Trinajstić information content (AvgIpc) is 2.66. The zero-order chi connectivity index (χ0) is 18.6. The molecule has 0 unspecified atom stereocenters. The van der Waals surface area contributed by atoms with Gasteiger partial charge in [0.15, 0.2) is 5.96 Å². The molecule has 0 radical (unpaired) electrons. The Bertz CT molecular complexity index is 545. The van der Waals surface area contributed by atoms with Gasteiger partial charge in [0.1, 0.15) is 0 Å². The maximum atomic E-state index is 5.36. The monoisotopic (exact) mass is 488 g/mol. The second-order valence-electron chi connectivity index (χ2n) is 7.18. The fourth-order valence-electron chi connectivity index (χ4n) is 3.25. The summed E-state index contributed by atoms with van der Waals surface area (Å²) in [7, 11) is 1.81. The van der Waals surface area contributed by atoms with Crippen molar-refractivity contribution in [2.75, 3.05) is 39.9 Å². The Kier molecular flexibility index (Phi) is 12.7. The number of rotatable bonds is 9. The van der Waals surface area contributed by atoms with E-state index in [-0.39, 0.29) is 24.0 Å². The van der Waals surface area contributed by atoms with E-state index in [1.807, 2.05) is 14.0 Å². The number of piperidine rings is 1. The molecule has 0 amide bonds. The van der Waals surface area contributed by atoms with Gasteiger partial charge < -0.3 is 15.4 Å². The maximum absolute atomic E-state index is 5.36. The summed E-state index contributed by atoms with van der Waals surface area (Å²) < 4.78 is 5.36. The average molecular weight is 488 g/mol. The molecule has 1 aromatic carbocycles. The summed E-state index contributed by atoms with van der Waals surface area (Å²) in [5.74, 6) is 1.73. The zero-order valence-electron chi connectivity index (χ0n) is 17.2. The van der Waals surface area contributed by atoms with Crippen molar-refractivity contribution in [1.82, 2.24) is 15.5 Å². The maximum Gasteiger partial charge on any atom is 0.191 e. The van der Waals surface area contributed by atoms with E-state index in [0.29, 0.717) is 0 Å². The van der Waals surface area contributed by atoms with E-state index in [4.69, 9.17) is 4.74 Å². The van der Waals surface area contributed by atoms with E-state index in [1.54, 1.807) is 0 Å². The topological polar surface area (TPSA) is 48.9 Å². The highest BCUT2D eigenvalue weighted by molar-refractivity contribution is 14.0. The molecular weight excluding hydrogens is 451 g/mol. The molecule has 154 valence electrons. The van der Waals surface area contributed by atoms with E-state index in [9.17, 15) is 0 Å². The van der Waals surface area contributed by atoms with Crippen LogP contribution in [-0.2, 0) is 17.8 Å². The second-order valence-corrected chi connectivity index (χ2v) is 7.18. The molecule has 0 atom stereocenters. The number of nitrogens with one attached hydrogen (secondary N) is 2. The number of nitrogens with zero attached hydrogens (tertiary/aromatic N) is 2. The van der Waals surface area contributed by atoms with Gasteiger partial charge in [-0.15, -0.1) is 24.0 Å². The molecule has 0 aromatic heterocycles. The zero-order valence-corrected chi connectivity index (χ0v) is 19.5. The van der Waals surface area contributed by atoms with Gasteiger partial charge in [0, 0.05) is 39.9 Å². The Morgan fingerprint density at radius 2 is 1.96 bits per heavy atom. The smallest absolute Gasteiger partial charge is 0.191 e. The molecule has 1 fully saturated rings. The van der Waals surface area contributed by atoms with Crippen molar-refractivity contribution < 1.29 is 4.74 Å². The SMILES string of the molecule is CCOCCCNC(=NC)NCc1cccc(CN2CCC(C)CC2)c1.I. The lowest BCUT2D eigenvalue weighted by molar-refractivity contribution is 0.145. The fraction of sp³-hybridized carbons (Fsp3) is 0.667. The molecule has 1 aliphatic rings. The number of hydrogen-bond acceptors (Lipinski definition) is 3. The summed E-state index contributed by atoms with van der Waals surface area (Å²) in [6.45, 7) is 11.1. The predicted molar refractivity (Wildman–Crippen MR) is 125 cm³/mol. The van der Waals surface area contributed by atoms with Crippen molar-refractivity contribution in [1.29, 1.82) is 0 Å². The number of benzene rings is 1. The van der Waals surface area contributed by atoms with E-state index in [0.717, 1.165) is 51.1 Å². The molecular formula is C21H37IN4O. The van der Waals surface area contributed by atoms with Gasteiger partial charge in [-0.2, -0.15) is 0 Å². The van der Waals surface area contributed by atoms with Crippen LogP contribution in [0.4, 0.5) is 0 Å². The highest BCUT2D eigenvalue weighted by Crippen LogP contribution is 2.18. The van der Waals surface area contributed by atoms with Crippen LogP contribution in [0.2, 0.25) is 0 Å². The number of ether oxygens (including phenoxy) is 1. The molecule has 6 heteroatoms. The van der Waals surface area contributed by atoms with Gasteiger partial charge in [-0.25, -0.2) is 0 Å². The molecule has 1 saturated heterocycles. The van der Waals surface area contributed by atoms with Gasteiger partial charge >= 0.3 is 0 Å². The molecule has 2 N–H and O–H groups in total. The summed E-state index contributed by atoms with van der Waals surface area (Å²) in [5, 5.41) is 6.73. The molecule has 1 aromatic rings. The van der Waals surface area contributed by atoms with Crippen LogP contribution in [0, 0.1) is 5.92 Å². The molecule has 2 rings (SSSR count). The molecule has 0 bridgehead atoms. The largest absolute Gasteiger partial charge is 0.382 e. The molecule has 1 aliphatic heterocycles. The van der Waals surface area contributed by atoms with E-state index < -0.39 is 0 Å². The minimum absolute atomic E-state index is 0. The summed E-state index contributed by atoms with van der Waals surface area (Å²) in [5.41, 5.74) is 2.70. The van der Waals surface area contributed by atoms with Crippen molar-refractivity contribution >= 4 is 29.9 Å². The Labute approximate surface area is 182 Å². The van der Waals surface area contributed by atoms with Gasteiger partial charge in [0.05, 0.1) is 0 Å². The van der Waals surface area contributed by atoms with E-state index in [1.165, 1.54) is 37.1 Å². The number of aliphatic imine (C=N–C) groups is 1. The molecule has 0 saturated carbocycles. The van der Waals surface area contributed by atoms with E-state index >= 15 is 0 Å². The van der Waals surface area contributed by atoms with Crippen molar-refractivity contribution in [3.63, 3.8) is 0 Å². The van der Waals surface area contributed by atoms with Gasteiger partial charge in [-0.3, -0.25) is 9.89 Å². The first-order chi connectivity index (χ1) is 12.7. The van der Waals surface area contributed by atoms with Gasteiger partial charge in [0.2, 0.25) is 0 Å². The van der Waals surface area contributed by atoms with Crippen LogP contribution in [0.1, 0.15) is 44.2 Å². The van der Waals surface area contributed by atoms with Crippen molar-refractivity contribution in [3.05, 3.63) is 35.4 Å². The van der Waals surface area contributed by atoms with Crippen LogP contribution in [0.15, 0.2) is 29.3 Å². The number of likely N-dealkylation sites (tertiary alicyclic amines) is 1. The second kappa shape index (κ2) is 14.2. The lowest BCUT2D eigenvalue weighted by Gasteiger charge is -2.30. The number of halogens is 1. The van der Waals surface area contributed by atoms with Crippen LogP contribution < -0.4 is 10.6 Å². The molecule has 1 heterocycles. The molecule has 5 nitrogen and oxygen atoms in total. The Hall–Kier alpha value is -0.860. The summed E-state index contributed by atoms with van der Waals surface area (Å²) in [6.07, 6.45) is 3.64. The lowest BCUT2D eigenvalue weighted by Crippen LogP contribution is -2.37. The van der Waals surface area contributed by atoms with Crippen LogP contribution in [0.3, 0.4) is 0 Å². The number of guanidine groups is 1. The highest BCUT2D eigenvalue weighted by Gasteiger charge is 2.15. The Morgan fingerprint density at radius 3 is 2.67 bits per heavy atom. The van der Waals surface area contributed by atoms with Crippen LogP contribution in [0.25, 0.3) is 0 Å². The van der Waals surface area contributed by atoms with Gasteiger partial charge in [-0.05, 0) is 56.3 Å². The van der Waals surface area contributed by atoms with E-state index in [2.05, 4.69) is 51.7 Å².